The first-order valence-electron chi connectivity index (χ1n) is 6.99. The highest BCUT2D eigenvalue weighted by Crippen LogP contribution is 2.34. The average Bonchev–Trinajstić information content (AvgIpc) is 2.88. The van der Waals surface area contributed by atoms with Crippen molar-refractivity contribution in [3.63, 3.8) is 0 Å². The summed E-state index contributed by atoms with van der Waals surface area (Å²) in [5, 5.41) is 11.7. The molecule has 1 amide bonds. The molecular weight excluding hydrogens is 270 g/mol. The molecule has 1 saturated carbocycles. The zero-order chi connectivity index (χ0) is 13.8. The summed E-state index contributed by atoms with van der Waals surface area (Å²) in [7, 11) is 0. The van der Waals surface area contributed by atoms with Gasteiger partial charge in [-0.2, -0.15) is 5.10 Å². The van der Waals surface area contributed by atoms with Gasteiger partial charge in [0.1, 0.15) is 5.25 Å². The Bertz CT molecular complexity index is 545. The molecule has 104 valence electrons. The zero-order valence-corrected chi connectivity index (χ0v) is 12.0. The topological polar surface area (TPSA) is 53.8 Å². The maximum Gasteiger partial charge on any atom is 0.244 e. The fraction of sp³-hybridized carbons (Fsp3) is 0.400. The summed E-state index contributed by atoms with van der Waals surface area (Å²) in [6.07, 6.45) is 5.78. The summed E-state index contributed by atoms with van der Waals surface area (Å²) < 4.78 is 0. The second-order valence-electron chi connectivity index (χ2n) is 5.03. The number of nitrogens with zero attached hydrogens (tertiary/aromatic N) is 2. The lowest BCUT2D eigenvalue weighted by atomic mass is 9.99. The van der Waals surface area contributed by atoms with Crippen LogP contribution in [0.1, 0.15) is 42.9 Å². The highest BCUT2D eigenvalue weighted by Gasteiger charge is 2.31. The maximum absolute atomic E-state index is 12.0. The second-order valence-corrected chi connectivity index (χ2v) is 6.12. The lowest BCUT2D eigenvalue weighted by Gasteiger charge is -2.10. The van der Waals surface area contributed by atoms with Crippen molar-refractivity contribution in [2.75, 3.05) is 0 Å². The van der Waals surface area contributed by atoms with Crippen molar-refractivity contribution in [2.24, 2.45) is 10.2 Å². The van der Waals surface area contributed by atoms with E-state index in [-0.39, 0.29) is 11.2 Å². The molecule has 1 aliphatic carbocycles. The van der Waals surface area contributed by atoms with E-state index in [1.165, 1.54) is 31.0 Å². The summed E-state index contributed by atoms with van der Waals surface area (Å²) in [5.74, 6) is -0.0104. The van der Waals surface area contributed by atoms with Gasteiger partial charge in [-0.1, -0.05) is 48.5 Å². The molecule has 2 fully saturated rings. The highest BCUT2D eigenvalue weighted by molar-refractivity contribution is 8.15. The Morgan fingerprint density at radius 1 is 1.05 bits per heavy atom. The quantitative estimate of drug-likeness (QED) is 0.849. The minimum absolute atomic E-state index is 0.0104. The van der Waals surface area contributed by atoms with Crippen molar-refractivity contribution < 1.29 is 4.79 Å². The van der Waals surface area contributed by atoms with Crippen LogP contribution in [0.5, 0.6) is 0 Å². The normalized spacial score (nSPS) is 24.8. The van der Waals surface area contributed by atoms with Gasteiger partial charge in [0.25, 0.3) is 0 Å². The third kappa shape index (κ3) is 3.10. The second kappa shape index (κ2) is 6.22. The van der Waals surface area contributed by atoms with Crippen LogP contribution in [-0.4, -0.2) is 16.8 Å². The Labute approximate surface area is 122 Å². The van der Waals surface area contributed by atoms with Crippen molar-refractivity contribution >= 4 is 28.5 Å². The van der Waals surface area contributed by atoms with Crippen molar-refractivity contribution in [2.45, 2.75) is 37.4 Å². The molecule has 1 N–H and O–H groups in total. The van der Waals surface area contributed by atoms with Gasteiger partial charge < -0.3 is 5.32 Å². The molecule has 1 saturated heterocycles. The molecule has 0 unspecified atom stereocenters. The Morgan fingerprint density at radius 2 is 1.80 bits per heavy atom. The Balaban J connectivity index is 1.70. The van der Waals surface area contributed by atoms with Crippen molar-refractivity contribution in [3.8, 4) is 0 Å². The van der Waals surface area contributed by atoms with Gasteiger partial charge >= 0.3 is 0 Å². The van der Waals surface area contributed by atoms with Gasteiger partial charge in [0.05, 0.1) is 0 Å². The smallest absolute Gasteiger partial charge is 0.244 e. The van der Waals surface area contributed by atoms with Crippen LogP contribution in [0.15, 0.2) is 40.5 Å². The monoisotopic (exact) mass is 287 g/mol. The van der Waals surface area contributed by atoms with E-state index < -0.39 is 0 Å². The van der Waals surface area contributed by atoms with Gasteiger partial charge in [0.15, 0.2) is 5.17 Å². The van der Waals surface area contributed by atoms with E-state index in [1.807, 2.05) is 30.3 Å². The van der Waals surface area contributed by atoms with E-state index in [9.17, 15) is 4.79 Å². The summed E-state index contributed by atoms with van der Waals surface area (Å²) in [6.45, 7) is 0. The highest BCUT2D eigenvalue weighted by atomic mass is 32.2. The molecule has 0 bridgehead atoms. The molecule has 4 nitrogen and oxygen atoms in total. The number of carbonyl (C=O) groups excluding carboxylic acids is 1. The zero-order valence-electron chi connectivity index (χ0n) is 11.2. The van der Waals surface area contributed by atoms with Crippen LogP contribution < -0.4 is 5.32 Å². The third-order valence-corrected chi connectivity index (χ3v) is 4.64. The summed E-state index contributed by atoms with van der Waals surface area (Å²) in [5.41, 5.74) is 2.16. The molecule has 1 heterocycles. The van der Waals surface area contributed by atoms with E-state index in [4.69, 9.17) is 0 Å². The SMILES string of the molecule is O=C1N/C(=N/N=C2CCCCC2)S[C@@H]1c1ccccc1. The molecule has 1 aliphatic heterocycles. The van der Waals surface area contributed by atoms with Gasteiger partial charge in [0.2, 0.25) is 5.91 Å². The molecule has 0 aromatic heterocycles. The maximum atomic E-state index is 12.0. The molecule has 1 aromatic carbocycles. The minimum atomic E-state index is -0.207. The molecule has 20 heavy (non-hydrogen) atoms. The molecule has 5 heteroatoms. The number of rotatable bonds is 2. The first kappa shape index (κ1) is 13.4. The Kier molecular flexibility index (Phi) is 4.16. The lowest BCUT2D eigenvalue weighted by molar-refractivity contribution is -0.118. The van der Waals surface area contributed by atoms with Crippen LogP contribution in [0.4, 0.5) is 0 Å². The van der Waals surface area contributed by atoms with Crippen LogP contribution in [0, 0.1) is 0 Å². The molecule has 3 rings (SSSR count). The fourth-order valence-electron chi connectivity index (χ4n) is 2.44. The molecule has 1 atom stereocenters. The lowest BCUT2D eigenvalue weighted by Crippen LogP contribution is -2.21. The first-order chi connectivity index (χ1) is 9.83. The van der Waals surface area contributed by atoms with Gasteiger partial charge in [0, 0.05) is 5.71 Å². The Hall–Kier alpha value is -1.62. The Morgan fingerprint density at radius 3 is 2.55 bits per heavy atom. The van der Waals surface area contributed by atoms with E-state index >= 15 is 0 Å². The van der Waals surface area contributed by atoms with E-state index in [2.05, 4.69) is 15.5 Å². The number of benzene rings is 1. The number of amides is 1. The van der Waals surface area contributed by atoms with E-state index in [0.29, 0.717) is 5.17 Å². The average molecular weight is 287 g/mol. The molecule has 0 spiro atoms. The third-order valence-electron chi connectivity index (χ3n) is 3.51. The van der Waals surface area contributed by atoms with Crippen molar-refractivity contribution in [1.82, 2.24) is 5.32 Å². The summed E-state index contributed by atoms with van der Waals surface area (Å²) >= 11 is 1.44. The molecule has 0 radical (unpaired) electrons. The minimum Gasteiger partial charge on any atom is -0.302 e. The van der Waals surface area contributed by atoms with Crippen LogP contribution in [-0.2, 0) is 4.79 Å². The van der Waals surface area contributed by atoms with Gasteiger partial charge in [-0.05, 0) is 31.2 Å². The number of nitrogens with one attached hydrogen (secondary N) is 1. The van der Waals surface area contributed by atoms with Crippen LogP contribution in [0.2, 0.25) is 0 Å². The number of hydrogen-bond acceptors (Lipinski definition) is 4. The summed E-state index contributed by atoms with van der Waals surface area (Å²) in [6, 6.07) is 9.77. The van der Waals surface area contributed by atoms with Crippen molar-refractivity contribution in [1.29, 1.82) is 0 Å². The molecule has 1 aromatic rings. The standard InChI is InChI=1S/C15H17N3OS/c19-14-13(11-7-3-1-4-8-11)20-15(16-14)18-17-12-9-5-2-6-10-12/h1,3-4,7-8,13H,2,5-6,9-10H2,(H,16,18,19)/t13-/m1/s1. The fourth-order valence-corrected chi connectivity index (χ4v) is 3.37. The predicted octanol–water partition coefficient (Wildman–Crippen LogP) is 3.27. The number of carbonyl (C=O) groups is 1. The molecular formula is C15H17N3OS. The van der Waals surface area contributed by atoms with Gasteiger partial charge in [-0.25, -0.2) is 0 Å². The van der Waals surface area contributed by atoms with Gasteiger partial charge in [-0.3, -0.25) is 4.79 Å². The van der Waals surface area contributed by atoms with Crippen molar-refractivity contribution in [3.05, 3.63) is 35.9 Å². The van der Waals surface area contributed by atoms with E-state index in [0.717, 1.165) is 24.1 Å². The van der Waals surface area contributed by atoms with Crippen LogP contribution in [0.25, 0.3) is 0 Å². The van der Waals surface area contributed by atoms with E-state index in [1.54, 1.807) is 0 Å². The number of thioether (sulfide) groups is 1. The molecule has 2 aliphatic rings. The van der Waals surface area contributed by atoms with Crippen LogP contribution in [0.3, 0.4) is 0 Å². The predicted molar refractivity (Wildman–Crippen MR) is 82.9 cm³/mol. The number of hydrogen-bond donors (Lipinski definition) is 1. The van der Waals surface area contributed by atoms with Crippen LogP contribution >= 0.6 is 11.8 Å². The number of amidine groups is 1. The van der Waals surface area contributed by atoms with Gasteiger partial charge in [-0.15, -0.1) is 5.10 Å². The summed E-state index contributed by atoms with van der Waals surface area (Å²) in [4.78, 5) is 12.0. The first-order valence-corrected chi connectivity index (χ1v) is 7.87. The largest absolute Gasteiger partial charge is 0.302 e.